The van der Waals surface area contributed by atoms with E-state index in [1.807, 2.05) is 20.8 Å². The minimum atomic E-state index is -1.07. The van der Waals surface area contributed by atoms with Crippen LogP contribution in [0.3, 0.4) is 0 Å². The third-order valence-corrected chi connectivity index (χ3v) is 3.17. The summed E-state index contributed by atoms with van der Waals surface area (Å²) in [5.74, 6) is -1.35. The summed E-state index contributed by atoms with van der Waals surface area (Å²) >= 11 is 3.31. The highest BCUT2D eigenvalue weighted by atomic mass is 79.9. The molecule has 0 spiro atoms. The predicted molar refractivity (Wildman–Crippen MR) is 76.2 cm³/mol. The Labute approximate surface area is 124 Å². The van der Waals surface area contributed by atoms with Crippen molar-refractivity contribution in [1.29, 1.82) is 0 Å². The van der Waals surface area contributed by atoms with E-state index in [0.29, 0.717) is 39.3 Å². The van der Waals surface area contributed by atoms with Gasteiger partial charge in [-0.05, 0) is 34.1 Å². The van der Waals surface area contributed by atoms with Gasteiger partial charge >= 0.3 is 5.97 Å². The molecular weight excluding hydrogens is 316 g/mol. The molecule has 0 aromatic rings. The van der Waals surface area contributed by atoms with Gasteiger partial charge in [-0.2, -0.15) is 0 Å². The zero-order valence-electron chi connectivity index (χ0n) is 12.2. The van der Waals surface area contributed by atoms with Crippen molar-refractivity contribution in [2.75, 3.05) is 26.4 Å². The number of hydrogen-bond acceptors (Lipinski definition) is 5. The van der Waals surface area contributed by atoms with Gasteiger partial charge in [0.05, 0.1) is 6.61 Å². The maximum atomic E-state index is 11.5. The van der Waals surface area contributed by atoms with E-state index >= 15 is 0 Å². The van der Waals surface area contributed by atoms with E-state index in [1.54, 1.807) is 6.92 Å². The van der Waals surface area contributed by atoms with Gasteiger partial charge in [0.15, 0.2) is 0 Å². The van der Waals surface area contributed by atoms with E-state index in [-0.39, 0.29) is 10.8 Å². The van der Waals surface area contributed by atoms with Gasteiger partial charge in [0.1, 0.15) is 4.83 Å². The van der Waals surface area contributed by atoms with Gasteiger partial charge in [-0.3, -0.25) is 4.79 Å². The molecule has 1 unspecified atom stereocenters. The summed E-state index contributed by atoms with van der Waals surface area (Å²) in [5, 5.41) is 0. The summed E-state index contributed by atoms with van der Waals surface area (Å²) in [6, 6.07) is 0. The molecule has 5 nitrogen and oxygen atoms in total. The average molecular weight is 341 g/mol. The highest BCUT2D eigenvalue weighted by molar-refractivity contribution is 9.10. The number of carbonyl (C=O) groups excluding carboxylic acids is 1. The first-order valence-corrected chi connectivity index (χ1v) is 7.69. The van der Waals surface area contributed by atoms with Crippen LogP contribution in [0.2, 0.25) is 0 Å². The Morgan fingerprint density at radius 2 is 1.47 bits per heavy atom. The molecule has 0 amide bonds. The van der Waals surface area contributed by atoms with Crippen LogP contribution in [-0.2, 0) is 23.7 Å². The molecule has 0 aliphatic heterocycles. The number of halogens is 1. The van der Waals surface area contributed by atoms with Crippen molar-refractivity contribution in [2.45, 2.75) is 51.3 Å². The molecule has 0 saturated heterocycles. The lowest BCUT2D eigenvalue weighted by Crippen LogP contribution is -2.40. The van der Waals surface area contributed by atoms with Gasteiger partial charge in [-0.15, -0.1) is 0 Å². The van der Waals surface area contributed by atoms with Crippen molar-refractivity contribution in [3.8, 4) is 0 Å². The molecule has 0 aliphatic rings. The van der Waals surface area contributed by atoms with Crippen LogP contribution < -0.4 is 0 Å². The quantitative estimate of drug-likeness (QED) is 0.329. The highest BCUT2D eigenvalue weighted by Gasteiger charge is 2.34. The smallest absolute Gasteiger partial charge is 0.319 e. The lowest BCUT2D eigenvalue weighted by Gasteiger charge is -2.32. The van der Waals surface area contributed by atoms with Gasteiger partial charge in [0.25, 0.3) is 5.97 Å². The number of rotatable bonds is 11. The molecule has 0 rings (SSSR count). The van der Waals surface area contributed by atoms with E-state index in [1.165, 1.54) is 0 Å². The fourth-order valence-corrected chi connectivity index (χ4v) is 2.02. The van der Waals surface area contributed by atoms with Crippen molar-refractivity contribution in [3.63, 3.8) is 0 Å². The molecule has 6 heteroatoms. The van der Waals surface area contributed by atoms with Crippen molar-refractivity contribution >= 4 is 21.9 Å². The fourth-order valence-electron chi connectivity index (χ4n) is 1.66. The van der Waals surface area contributed by atoms with E-state index < -0.39 is 5.97 Å². The molecule has 0 aromatic heterocycles. The average Bonchev–Trinajstić information content (AvgIpc) is 2.37. The topological polar surface area (TPSA) is 54.0 Å². The lowest BCUT2D eigenvalue weighted by molar-refractivity contribution is -0.379. The van der Waals surface area contributed by atoms with Crippen LogP contribution in [0.15, 0.2) is 0 Å². The molecule has 0 radical (unpaired) electrons. The zero-order valence-corrected chi connectivity index (χ0v) is 13.8. The van der Waals surface area contributed by atoms with Crippen LogP contribution in [0.4, 0.5) is 0 Å². The lowest BCUT2D eigenvalue weighted by atomic mass is 10.2. The van der Waals surface area contributed by atoms with Gasteiger partial charge < -0.3 is 18.9 Å². The molecule has 0 aliphatic carbocycles. The summed E-state index contributed by atoms with van der Waals surface area (Å²) in [5.41, 5.74) is 0. The summed E-state index contributed by atoms with van der Waals surface area (Å²) in [6.07, 6.45) is 0.968. The summed E-state index contributed by atoms with van der Waals surface area (Å²) in [7, 11) is 0. The van der Waals surface area contributed by atoms with Crippen LogP contribution in [-0.4, -0.2) is 43.2 Å². The highest BCUT2D eigenvalue weighted by Crippen LogP contribution is 2.25. The maximum Gasteiger partial charge on any atom is 0.319 e. The van der Waals surface area contributed by atoms with Crippen molar-refractivity contribution in [3.05, 3.63) is 0 Å². The Balaban J connectivity index is 4.49. The molecule has 0 N–H and O–H groups in total. The fraction of sp³-hybridized carbons (Fsp3) is 0.923. The largest absolute Gasteiger partial charge is 0.465 e. The van der Waals surface area contributed by atoms with E-state index in [4.69, 9.17) is 18.9 Å². The first kappa shape index (κ1) is 18.8. The summed E-state index contributed by atoms with van der Waals surface area (Å²) < 4.78 is 21.7. The Kier molecular flexibility index (Phi) is 10.5. The summed E-state index contributed by atoms with van der Waals surface area (Å²) in [6.45, 7) is 9.22. The third kappa shape index (κ3) is 7.25. The molecule has 19 heavy (non-hydrogen) atoms. The van der Waals surface area contributed by atoms with E-state index in [2.05, 4.69) is 15.9 Å². The van der Waals surface area contributed by atoms with Crippen LogP contribution in [0.25, 0.3) is 0 Å². The first-order valence-electron chi connectivity index (χ1n) is 6.77. The number of alkyl halides is 1. The van der Waals surface area contributed by atoms with Crippen LogP contribution >= 0.6 is 15.9 Å². The van der Waals surface area contributed by atoms with Crippen molar-refractivity contribution in [1.82, 2.24) is 0 Å². The second kappa shape index (κ2) is 10.6. The normalized spacial score (nSPS) is 13.3. The molecule has 1 atom stereocenters. The molecule has 0 aromatic carbocycles. The molecule has 0 saturated carbocycles. The number of hydrogen-bond donors (Lipinski definition) is 0. The first-order chi connectivity index (χ1) is 9.05. The SMILES string of the molecule is CCOC(=O)C(Br)CCC(OCC)(OCC)OCC. The number of ether oxygens (including phenoxy) is 4. The van der Waals surface area contributed by atoms with Gasteiger partial charge in [0.2, 0.25) is 0 Å². The third-order valence-electron chi connectivity index (χ3n) is 2.34. The Bertz CT molecular complexity index is 230. The minimum Gasteiger partial charge on any atom is -0.465 e. The van der Waals surface area contributed by atoms with Gasteiger partial charge in [-0.25, -0.2) is 0 Å². The van der Waals surface area contributed by atoms with Gasteiger partial charge in [0, 0.05) is 26.2 Å². The van der Waals surface area contributed by atoms with Gasteiger partial charge in [-0.1, -0.05) is 15.9 Å². The van der Waals surface area contributed by atoms with Crippen LogP contribution in [0.1, 0.15) is 40.5 Å². The summed E-state index contributed by atoms with van der Waals surface area (Å²) in [4.78, 5) is 11.2. The standard InChI is InChI=1S/C13H25BrO5/c1-5-16-12(15)11(14)9-10-13(17-6-2,18-7-3)19-8-4/h11H,5-10H2,1-4H3. The van der Waals surface area contributed by atoms with E-state index in [0.717, 1.165) is 0 Å². The molecule has 0 heterocycles. The molecule has 0 bridgehead atoms. The minimum absolute atomic E-state index is 0.277. The second-order valence-corrected chi connectivity index (χ2v) is 4.85. The number of carbonyl (C=O) groups is 1. The predicted octanol–water partition coefficient (Wildman–Crippen LogP) is 2.86. The van der Waals surface area contributed by atoms with Crippen molar-refractivity contribution in [2.24, 2.45) is 0 Å². The van der Waals surface area contributed by atoms with Crippen LogP contribution in [0.5, 0.6) is 0 Å². The van der Waals surface area contributed by atoms with E-state index in [9.17, 15) is 4.79 Å². The molecule has 0 fully saturated rings. The monoisotopic (exact) mass is 340 g/mol. The Morgan fingerprint density at radius 1 is 1.00 bits per heavy atom. The zero-order chi connectivity index (χ0) is 14.7. The van der Waals surface area contributed by atoms with Crippen molar-refractivity contribution < 1.29 is 23.7 Å². The Hall–Kier alpha value is -0.170. The second-order valence-electron chi connectivity index (χ2n) is 3.74. The van der Waals surface area contributed by atoms with Crippen LogP contribution in [0, 0.1) is 0 Å². The molecular formula is C13H25BrO5. The maximum absolute atomic E-state index is 11.5. The number of esters is 1. The molecule has 114 valence electrons. The Morgan fingerprint density at radius 3 is 1.84 bits per heavy atom.